The molecule has 1 rings (SSSR count). The Hall–Kier alpha value is -1.66. The molecule has 0 bridgehead atoms. The van der Waals surface area contributed by atoms with E-state index in [4.69, 9.17) is 14.9 Å². The lowest BCUT2D eigenvalue weighted by atomic mass is 10.1. The van der Waals surface area contributed by atoms with Crippen molar-refractivity contribution in [2.45, 2.75) is 19.4 Å². The van der Waals surface area contributed by atoms with Crippen LogP contribution >= 0.6 is 0 Å². The Morgan fingerprint density at radius 1 is 1.44 bits per heavy atom. The Morgan fingerprint density at radius 2 is 2.11 bits per heavy atom. The first kappa shape index (κ1) is 14.4. The number of anilines is 1. The van der Waals surface area contributed by atoms with Crippen LogP contribution in [0.25, 0.3) is 0 Å². The number of aromatic nitrogens is 1. The van der Waals surface area contributed by atoms with Gasteiger partial charge in [0.05, 0.1) is 30.9 Å². The van der Waals surface area contributed by atoms with Crippen molar-refractivity contribution in [3.63, 3.8) is 0 Å². The van der Waals surface area contributed by atoms with Gasteiger partial charge < -0.3 is 20.3 Å². The zero-order valence-electron chi connectivity index (χ0n) is 10.5. The first-order valence-corrected chi connectivity index (χ1v) is 5.67. The van der Waals surface area contributed by atoms with Crippen molar-refractivity contribution in [3.05, 3.63) is 23.9 Å². The highest BCUT2D eigenvalue weighted by Crippen LogP contribution is 2.13. The fourth-order valence-electron chi connectivity index (χ4n) is 1.24. The smallest absolute Gasteiger partial charge is 0.339 e. The van der Waals surface area contributed by atoms with E-state index < -0.39 is 11.5 Å². The number of aliphatic hydroxyl groups excluding tert-OH is 2. The number of rotatable bonds is 6. The molecule has 0 saturated carbocycles. The maximum Gasteiger partial charge on any atom is 0.339 e. The summed E-state index contributed by atoms with van der Waals surface area (Å²) in [7, 11) is 0. The first-order chi connectivity index (χ1) is 8.54. The Morgan fingerprint density at radius 3 is 2.56 bits per heavy atom. The van der Waals surface area contributed by atoms with Crippen LogP contribution in [0, 0.1) is 0 Å². The van der Waals surface area contributed by atoms with Gasteiger partial charge in [-0.2, -0.15) is 0 Å². The molecule has 18 heavy (non-hydrogen) atoms. The third-order valence-electron chi connectivity index (χ3n) is 2.40. The highest BCUT2D eigenvalue weighted by molar-refractivity contribution is 5.89. The summed E-state index contributed by atoms with van der Waals surface area (Å²) >= 11 is 0. The highest BCUT2D eigenvalue weighted by Gasteiger charge is 2.22. The Bertz CT molecular complexity index is 388. The van der Waals surface area contributed by atoms with Crippen LogP contribution in [0.1, 0.15) is 24.2 Å². The second kappa shape index (κ2) is 6.32. The highest BCUT2D eigenvalue weighted by atomic mass is 16.5. The number of esters is 1. The van der Waals surface area contributed by atoms with Gasteiger partial charge >= 0.3 is 5.97 Å². The third-order valence-corrected chi connectivity index (χ3v) is 2.40. The van der Waals surface area contributed by atoms with Crippen LogP contribution in [0.3, 0.4) is 0 Å². The Labute approximate surface area is 106 Å². The molecule has 6 nitrogen and oxygen atoms in total. The average molecular weight is 254 g/mol. The molecule has 100 valence electrons. The minimum atomic E-state index is -0.849. The molecule has 3 N–H and O–H groups in total. The van der Waals surface area contributed by atoms with Crippen LogP contribution < -0.4 is 5.32 Å². The predicted molar refractivity (Wildman–Crippen MR) is 66.4 cm³/mol. The Kier molecular flexibility index (Phi) is 5.06. The molecular weight excluding hydrogens is 236 g/mol. The number of carbonyl (C=O) groups is 1. The summed E-state index contributed by atoms with van der Waals surface area (Å²) in [4.78, 5) is 15.4. The van der Waals surface area contributed by atoms with Crippen molar-refractivity contribution in [2.75, 3.05) is 25.1 Å². The SMILES string of the molecule is CCOC(=O)c1ccc(NC(C)(CO)CO)nc1. The van der Waals surface area contributed by atoms with Crippen molar-refractivity contribution in [3.8, 4) is 0 Å². The van der Waals surface area contributed by atoms with Crippen molar-refractivity contribution in [2.24, 2.45) is 0 Å². The summed E-state index contributed by atoms with van der Waals surface area (Å²) in [5.74, 6) is 0.0391. The lowest BCUT2D eigenvalue weighted by molar-refractivity contribution is 0.0526. The zero-order valence-corrected chi connectivity index (χ0v) is 10.5. The van der Waals surface area contributed by atoms with Gasteiger partial charge in [0.25, 0.3) is 0 Å². The van der Waals surface area contributed by atoms with Gasteiger partial charge in [-0.1, -0.05) is 0 Å². The van der Waals surface area contributed by atoms with Crippen LogP contribution in [0.15, 0.2) is 18.3 Å². The third kappa shape index (κ3) is 3.68. The van der Waals surface area contributed by atoms with Gasteiger partial charge in [0.15, 0.2) is 0 Å². The minimum absolute atomic E-state index is 0.231. The van der Waals surface area contributed by atoms with E-state index in [1.165, 1.54) is 6.20 Å². The second-order valence-corrected chi connectivity index (χ2v) is 4.15. The number of carbonyl (C=O) groups excluding carboxylic acids is 1. The van der Waals surface area contributed by atoms with Gasteiger partial charge in [0.2, 0.25) is 0 Å². The monoisotopic (exact) mass is 254 g/mol. The molecule has 1 aromatic heterocycles. The zero-order chi connectivity index (χ0) is 13.6. The van der Waals surface area contributed by atoms with Gasteiger partial charge in [-0.15, -0.1) is 0 Å². The molecule has 1 aromatic rings. The lowest BCUT2D eigenvalue weighted by Crippen LogP contribution is -2.42. The molecule has 0 saturated heterocycles. The normalized spacial score (nSPS) is 11.1. The number of nitrogens with one attached hydrogen (secondary N) is 1. The van der Waals surface area contributed by atoms with Crippen LogP contribution in [-0.4, -0.2) is 46.5 Å². The van der Waals surface area contributed by atoms with Gasteiger partial charge in [0.1, 0.15) is 5.82 Å². The molecule has 0 aliphatic heterocycles. The van der Waals surface area contributed by atoms with E-state index in [9.17, 15) is 4.79 Å². The first-order valence-electron chi connectivity index (χ1n) is 5.67. The van der Waals surface area contributed by atoms with Crippen LogP contribution in [-0.2, 0) is 4.74 Å². The van der Waals surface area contributed by atoms with Gasteiger partial charge in [-0.3, -0.25) is 0 Å². The summed E-state index contributed by atoms with van der Waals surface area (Å²) in [6.45, 7) is 3.24. The number of aliphatic hydroxyl groups is 2. The van der Waals surface area contributed by atoms with E-state index >= 15 is 0 Å². The molecule has 0 atom stereocenters. The van der Waals surface area contributed by atoms with Gasteiger partial charge in [-0.25, -0.2) is 9.78 Å². The number of ether oxygens (including phenoxy) is 1. The van der Waals surface area contributed by atoms with Crippen LogP contribution in [0.2, 0.25) is 0 Å². The molecule has 0 aliphatic rings. The predicted octanol–water partition coefficient (Wildman–Crippen LogP) is 0.413. The van der Waals surface area contributed by atoms with E-state index in [-0.39, 0.29) is 13.2 Å². The number of nitrogens with zero attached hydrogens (tertiary/aromatic N) is 1. The molecule has 0 unspecified atom stereocenters. The van der Waals surface area contributed by atoms with Crippen LogP contribution in [0.4, 0.5) is 5.82 Å². The number of hydrogen-bond donors (Lipinski definition) is 3. The van der Waals surface area contributed by atoms with E-state index in [1.54, 1.807) is 26.0 Å². The van der Waals surface area contributed by atoms with E-state index in [2.05, 4.69) is 10.3 Å². The largest absolute Gasteiger partial charge is 0.462 e. The summed E-state index contributed by atoms with van der Waals surface area (Å²) in [6.07, 6.45) is 1.38. The molecule has 6 heteroatoms. The topological polar surface area (TPSA) is 91.7 Å². The number of hydrogen-bond acceptors (Lipinski definition) is 6. The second-order valence-electron chi connectivity index (χ2n) is 4.15. The molecule has 0 radical (unpaired) electrons. The van der Waals surface area contributed by atoms with Gasteiger partial charge in [-0.05, 0) is 26.0 Å². The fourth-order valence-corrected chi connectivity index (χ4v) is 1.24. The lowest BCUT2D eigenvalue weighted by Gasteiger charge is -2.26. The van der Waals surface area contributed by atoms with Crippen molar-refractivity contribution >= 4 is 11.8 Å². The fraction of sp³-hybridized carbons (Fsp3) is 0.500. The summed E-state index contributed by atoms with van der Waals surface area (Å²) in [5, 5.41) is 21.2. The molecule has 1 heterocycles. The minimum Gasteiger partial charge on any atom is -0.462 e. The standard InChI is InChI=1S/C12H18N2O4/c1-3-18-11(17)9-4-5-10(13-6-9)14-12(2,7-15)8-16/h4-6,15-16H,3,7-8H2,1-2H3,(H,13,14). The summed E-state index contributed by atoms with van der Waals surface area (Å²) in [6, 6.07) is 3.16. The quantitative estimate of drug-likeness (QED) is 0.637. The summed E-state index contributed by atoms with van der Waals surface area (Å²) in [5.41, 5.74) is -0.490. The van der Waals surface area contributed by atoms with Gasteiger partial charge in [0, 0.05) is 6.20 Å². The maximum atomic E-state index is 11.4. The molecule has 0 fully saturated rings. The molecule has 0 amide bonds. The number of pyridine rings is 1. The Balaban J connectivity index is 2.74. The summed E-state index contributed by atoms with van der Waals surface area (Å²) < 4.78 is 4.83. The molecule has 0 aliphatic carbocycles. The van der Waals surface area contributed by atoms with Crippen molar-refractivity contribution in [1.82, 2.24) is 4.98 Å². The van der Waals surface area contributed by atoms with E-state index in [1.807, 2.05) is 0 Å². The average Bonchev–Trinajstić information content (AvgIpc) is 2.39. The molecule has 0 aromatic carbocycles. The molecular formula is C12H18N2O4. The van der Waals surface area contributed by atoms with Crippen molar-refractivity contribution in [1.29, 1.82) is 0 Å². The van der Waals surface area contributed by atoms with Crippen molar-refractivity contribution < 1.29 is 19.7 Å². The van der Waals surface area contributed by atoms with E-state index in [0.29, 0.717) is 18.0 Å². The molecule has 0 spiro atoms. The van der Waals surface area contributed by atoms with E-state index in [0.717, 1.165) is 0 Å². The maximum absolute atomic E-state index is 11.4. The van der Waals surface area contributed by atoms with Crippen LogP contribution in [0.5, 0.6) is 0 Å².